The zero-order chi connectivity index (χ0) is 13.8. The number of allylic oxidation sites excluding steroid dienone is 10. The summed E-state index contributed by atoms with van der Waals surface area (Å²) in [5, 5.41) is 3.59. The second-order valence-corrected chi connectivity index (χ2v) is 6.78. The Hall–Kier alpha value is 0.620. The first-order valence-corrected chi connectivity index (χ1v) is 10.5. The Morgan fingerprint density at radius 1 is 0.632 bits per heavy atom. The predicted molar refractivity (Wildman–Crippen MR) is 99.2 cm³/mol. The highest BCUT2D eigenvalue weighted by atomic mass is 79.9. The van der Waals surface area contributed by atoms with Crippen LogP contribution in [0.3, 0.4) is 0 Å². The zero-order valence-corrected chi connectivity index (χ0v) is 16.7. The minimum Gasteiger partial charge on any atom is -0.0876 e. The molecule has 0 atom stereocenters. The van der Waals surface area contributed by atoms with Crippen molar-refractivity contribution in [1.29, 1.82) is 0 Å². The first kappa shape index (κ1) is 16.0. The molecule has 102 valence electrons. The SMILES string of the molecule is BrCC1=CC2=CC(CBr)=C(CBr)C=C(C=C1CBr)C2. The molecule has 0 amide bonds. The maximum atomic E-state index is 3.60. The van der Waals surface area contributed by atoms with E-state index in [1.54, 1.807) is 0 Å². The normalized spacial score (nSPS) is 19.2. The van der Waals surface area contributed by atoms with Crippen molar-refractivity contribution in [3.63, 3.8) is 0 Å². The summed E-state index contributed by atoms with van der Waals surface area (Å²) in [5.41, 5.74) is 8.23. The van der Waals surface area contributed by atoms with Gasteiger partial charge in [-0.05, 0) is 39.9 Å². The van der Waals surface area contributed by atoms with Crippen molar-refractivity contribution in [2.75, 3.05) is 21.3 Å². The predicted octanol–water partition coefficient (Wildman–Crippen LogP) is 5.99. The van der Waals surface area contributed by atoms with Crippen LogP contribution >= 0.6 is 63.7 Å². The van der Waals surface area contributed by atoms with Crippen LogP contribution in [-0.4, -0.2) is 21.3 Å². The molecule has 2 rings (SSSR count). The number of fused-ring (bicyclic) bond motifs is 2. The van der Waals surface area contributed by atoms with Gasteiger partial charge in [0.2, 0.25) is 0 Å². The smallest absolute Gasteiger partial charge is 0.0286 e. The van der Waals surface area contributed by atoms with E-state index < -0.39 is 0 Å². The van der Waals surface area contributed by atoms with Crippen LogP contribution < -0.4 is 0 Å². The summed E-state index contributed by atoms with van der Waals surface area (Å²) in [6, 6.07) is 0. The van der Waals surface area contributed by atoms with Crippen molar-refractivity contribution in [2.45, 2.75) is 6.42 Å². The topological polar surface area (TPSA) is 0 Å². The summed E-state index contributed by atoms with van der Waals surface area (Å²) in [7, 11) is 0. The van der Waals surface area contributed by atoms with Gasteiger partial charge in [-0.3, -0.25) is 0 Å². The number of hydrogen-bond acceptors (Lipinski definition) is 0. The Balaban J connectivity index is 2.58. The van der Waals surface area contributed by atoms with E-state index in [2.05, 4.69) is 88.0 Å². The van der Waals surface area contributed by atoms with E-state index in [0.29, 0.717) is 0 Å². The molecule has 0 unspecified atom stereocenters. The van der Waals surface area contributed by atoms with E-state index >= 15 is 0 Å². The number of halogens is 4. The van der Waals surface area contributed by atoms with E-state index in [1.165, 1.54) is 33.4 Å². The van der Waals surface area contributed by atoms with Gasteiger partial charge in [0.15, 0.2) is 0 Å². The van der Waals surface area contributed by atoms with Crippen molar-refractivity contribution in [3.05, 3.63) is 57.7 Å². The van der Waals surface area contributed by atoms with Crippen LogP contribution in [0, 0.1) is 0 Å². The maximum absolute atomic E-state index is 3.60. The van der Waals surface area contributed by atoms with Crippen molar-refractivity contribution in [1.82, 2.24) is 0 Å². The first-order valence-electron chi connectivity index (χ1n) is 6.00. The molecule has 0 spiro atoms. The van der Waals surface area contributed by atoms with E-state index in [1.807, 2.05) is 0 Å². The molecule has 2 bridgehead atoms. The summed E-state index contributed by atoms with van der Waals surface area (Å²) in [4.78, 5) is 0. The van der Waals surface area contributed by atoms with Gasteiger partial charge in [-0.2, -0.15) is 0 Å². The molecular weight excluding hydrogens is 500 g/mol. The van der Waals surface area contributed by atoms with E-state index in [0.717, 1.165) is 27.7 Å². The van der Waals surface area contributed by atoms with Gasteiger partial charge in [-0.15, -0.1) is 0 Å². The van der Waals surface area contributed by atoms with Crippen LogP contribution in [-0.2, 0) is 0 Å². The molecule has 0 nitrogen and oxygen atoms in total. The fraction of sp³-hybridized carbons (Fsp3) is 0.333. The molecule has 19 heavy (non-hydrogen) atoms. The number of alkyl halides is 4. The van der Waals surface area contributed by atoms with Gasteiger partial charge in [-0.1, -0.05) is 88.0 Å². The lowest BCUT2D eigenvalue weighted by Gasteiger charge is -2.07. The number of rotatable bonds is 4. The second-order valence-electron chi connectivity index (χ2n) is 4.54. The van der Waals surface area contributed by atoms with E-state index in [4.69, 9.17) is 0 Å². The number of hydrogen-bond donors (Lipinski definition) is 0. The zero-order valence-electron chi connectivity index (χ0n) is 10.4. The van der Waals surface area contributed by atoms with E-state index in [-0.39, 0.29) is 0 Å². The highest BCUT2D eigenvalue weighted by molar-refractivity contribution is 9.09. The quantitative estimate of drug-likeness (QED) is 0.405. The van der Waals surface area contributed by atoms with Gasteiger partial charge >= 0.3 is 0 Å². The Labute approximate surface area is 148 Å². The molecule has 0 aromatic heterocycles. The van der Waals surface area contributed by atoms with Gasteiger partial charge < -0.3 is 0 Å². The van der Waals surface area contributed by atoms with E-state index in [9.17, 15) is 0 Å². The first-order chi connectivity index (χ1) is 9.21. The minimum atomic E-state index is 0.897. The molecule has 4 heteroatoms. The van der Waals surface area contributed by atoms with Crippen LogP contribution in [0.1, 0.15) is 6.42 Å². The van der Waals surface area contributed by atoms with Crippen molar-refractivity contribution < 1.29 is 0 Å². The lowest BCUT2D eigenvalue weighted by atomic mass is 10.0. The Bertz CT molecular complexity index is 472. The monoisotopic (exact) mass is 510 g/mol. The third-order valence-corrected chi connectivity index (χ3v) is 5.66. The Morgan fingerprint density at radius 2 is 1.05 bits per heavy atom. The van der Waals surface area contributed by atoms with Crippen molar-refractivity contribution in [3.8, 4) is 0 Å². The molecule has 0 aromatic carbocycles. The molecule has 0 fully saturated rings. The van der Waals surface area contributed by atoms with Gasteiger partial charge in [0.1, 0.15) is 0 Å². The van der Waals surface area contributed by atoms with Crippen LogP contribution in [0.25, 0.3) is 0 Å². The highest BCUT2D eigenvalue weighted by Crippen LogP contribution is 2.32. The van der Waals surface area contributed by atoms with Crippen molar-refractivity contribution in [2.24, 2.45) is 0 Å². The molecular formula is C15H14Br4. The van der Waals surface area contributed by atoms with Gasteiger partial charge in [0.05, 0.1) is 0 Å². The molecule has 2 aliphatic carbocycles. The summed E-state index contributed by atoms with van der Waals surface area (Å²) >= 11 is 14.4. The second kappa shape index (κ2) is 7.58. The fourth-order valence-electron chi connectivity index (χ4n) is 2.29. The average Bonchev–Trinajstić information content (AvgIpc) is 2.71. The Morgan fingerprint density at radius 3 is 1.37 bits per heavy atom. The molecule has 0 heterocycles. The van der Waals surface area contributed by atoms with Crippen molar-refractivity contribution >= 4 is 63.7 Å². The van der Waals surface area contributed by atoms with Crippen LogP contribution in [0.4, 0.5) is 0 Å². The van der Waals surface area contributed by atoms with Crippen LogP contribution in [0.5, 0.6) is 0 Å². The average molecular weight is 514 g/mol. The lowest BCUT2D eigenvalue weighted by molar-refractivity contribution is 1.22. The third kappa shape index (κ3) is 3.84. The molecule has 0 saturated carbocycles. The summed E-state index contributed by atoms with van der Waals surface area (Å²) in [6.45, 7) is 0. The summed E-state index contributed by atoms with van der Waals surface area (Å²) < 4.78 is 0. The van der Waals surface area contributed by atoms with Gasteiger partial charge in [0, 0.05) is 21.3 Å². The van der Waals surface area contributed by atoms with Crippen LogP contribution in [0.15, 0.2) is 57.7 Å². The van der Waals surface area contributed by atoms with Gasteiger partial charge in [-0.25, -0.2) is 0 Å². The lowest BCUT2D eigenvalue weighted by Crippen LogP contribution is -1.94. The molecule has 0 saturated heterocycles. The summed E-state index contributed by atoms with van der Waals surface area (Å²) in [5.74, 6) is 0. The minimum absolute atomic E-state index is 0.897. The summed E-state index contributed by atoms with van der Waals surface area (Å²) in [6.07, 6.45) is 10.3. The standard InChI is InChI=1S/C15H14Br4/c16-6-12-2-10-1-11(4-13(12)7-17)5-15(9-19)14(3-10)8-18/h2-5H,1,6-9H2. The molecule has 0 aromatic rings. The molecule has 0 N–H and O–H groups in total. The Kier molecular flexibility index (Phi) is 6.38. The van der Waals surface area contributed by atoms with Crippen LogP contribution in [0.2, 0.25) is 0 Å². The molecule has 2 aliphatic rings. The largest absolute Gasteiger partial charge is 0.0876 e. The highest BCUT2D eigenvalue weighted by Gasteiger charge is 2.15. The molecule has 0 aliphatic heterocycles. The van der Waals surface area contributed by atoms with Gasteiger partial charge in [0.25, 0.3) is 0 Å². The maximum Gasteiger partial charge on any atom is 0.0286 e. The third-order valence-electron chi connectivity index (χ3n) is 3.25. The fourth-order valence-corrected chi connectivity index (χ4v) is 4.37. The molecule has 0 radical (unpaired) electrons.